The van der Waals surface area contributed by atoms with Gasteiger partial charge >= 0.3 is 0 Å². The summed E-state index contributed by atoms with van der Waals surface area (Å²) in [6.07, 6.45) is 11.3. The summed E-state index contributed by atoms with van der Waals surface area (Å²) < 4.78 is 0. The number of unbranched alkanes of at least 4 members (excludes halogenated alkanes) is 2. The van der Waals surface area contributed by atoms with Crippen molar-refractivity contribution in [1.29, 1.82) is 0 Å². The van der Waals surface area contributed by atoms with Crippen molar-refractivity contribution < 1.29 is 9.90 Å². The summed E-state index contributed by atoms with van der Waals surface area (Å²) in [4.78, 5) is 13.1. The highest BCUT2D eigenvalue weighted by molar-refractivity contribution is 5.82. The number of hydrogen-bond acceptors (Lipinski definition) is 4. The Labute approximate surface area is 183 Å². The molecular weight excluding hydrogens is 374 g/mol. The van der Waals surface area contributed by atoms with Gasteiger partial charge in [-0.25, -0.2) is 0 Å². The van der Waals surface area contributed by atoms with Crippen molar-refractivity contribution in [1.82, 2.24) is 10.6 Å². The molecular formula is C25H43N3O2. The number of allylic oxidation sites excluding steroid dienone is 1. The first-order chi connectivity index (χ1) is 14.4. The molecule has 0 aliphatic carbocycles. The van der Waals surface area contributed by atoms with Crippen molar-refractivity contribution in [2.24, 2.45) is 11.7 Å². The van der Waals surface area contributed by atoms with Gasteiger partial charge in [-0.1, -0.05) is 77.7 Å². The fourth-order valence-corrected chi connectivity index (χ4v) is 3.32. The Morgan fingerprint density at radius 2 is 1.87 bits per heavy atom. The minimum absolute atomic E-state index is 0.0157. The molecule has 0 heterocycles. The zero-order valence-corrected chi connectivity index (χ0v) is 19.4. The molecule has 0 fully saturated rings. The molecule has 4 atom stereocenters. The maximum Gasteiger partial charge on any atom is 0.237 e. The predicted molar refractivity (Wildman–Crippen MR) is 127 cm³/mol. The van der Waals surface area contributed by atoms with Gasteiger partial charge in [0.25, 0.3) is 0 Å². The van der Waals surface area contributed by atoms with E-state index in [0.29, 0.717) is 18.9 Å². The van der Waals surface area contributed by atoms with E-state index < -0.39 is 0 Å². The van der Waals surface area contributed by atoms with Crippen LogP contribution in [0.25, 0.3) is 0 Å². The van der Waals surface area contributed by atoms with E-state index in [9.17, 15) is 9.90 Å². The van der Waals surface area contributed by atoms with Gasteiger partial charge in [-0.3, -0.25) is 10.1 Å². The number of aromatic hydroxyl groups is 1. The van der Waals surface area contributed by atoms with E-state index in [4.69, 9.17) is 5.73 Å². The van der Waals surface area contributed by atoms with Crippen LogP contribution in [0.2, 0.25) is 0 Å². The van der Waals surface area contributed by atoms with Crippen LogP contribution in [0.4, 0.5) is 0 Å². The quantitative estimate of drug-likeness (QED) is 0.321. The van der Waals surface area contributed by atoms with Crippen LogP contribution in [0.15, 0.2) is 36.4 Å². The van der Waals surface area contributed by atoms with Crippen molar-refractivity contribution in [2.75, 3.05) is 6.54 Å². The lowest BCUT2D eigenvalue weighted by Gasteiger charge is -2.28. The van der Waals surface area contributed by atoms with E-state index in [2.05, 4.69) is 50.5 Å². The van der Waals surface area contributed by atoms with E-state index in [-0.39, 0.29) is 29.8 Å². The second-order valence-electron chi connectivity index (χ2n) is 8.37. The first kappa shape index (κ1) is 26.2. The maximum atomic E-state index is 13.1. The van der Waals surface area contributed by atoms with Gasteiger partial charge in [0.15, 0.2) is 0 Å². The Hall–Kier alpha value is -1.85. The van der Waals surface area contributed by atoms with Gasteiger partial charge in [-0.15, -0.1) is 0 Å². The predicted octanol–water partition coefficient (Wildman–Crippen LogP) is 4.30. The molecule has 1 rings (SSSR count). The standard InChI is InChI=1S/C25H43N3O2/c1-5-8-10-12-23(19(4)7-3)28-24(17-20-13-15-22(29)16-14-20)25(30)27-18-21(26)11-9-6-2/h10,12-16,19,21,23-24,28-29H,5-9,11,17-18,26H2,1-4H3,(H,27,30)/b12-10-/t19-,21-,23+,24-/m0/s1. The Kier molecular flexibility index (Phi) is 13.1. The zero-order valence-electron chi connectivity index (χ0n) is 19.4. The molecule has 0 unspecified atom stereocenters. The SMILES string of the molecule is CCC/C=C\[C@@H](N[C@@H](Cc1ccc(O)cc1)C(=O)NC[C@@H](N)CCCC)[C@@H](C)CC. The van der Waals surface area contributed by atoms with Gasteiger partial charge in [0, 0.05) is 18.6 Å². The van der Waals surface area contributed by atoms with Gasteiger partial charge in [0.1, 0.15) is 5.75 Å². The van der Waals surface area contributed by atoms with E-state index in [0.717, 1.165) is 44.1 Å². The highest BCUT2D eigenvalue weighted by Crippen LogP contribution is 2.15. The summed E-state index contributed by atoms with van der Waals surface area (Å²) >= 11 is 0. The second-order valence-corrected chi connectivity index (χ2v) is 8.37. The number of phenols is 1. The molecule has 0 aromatic heterocycles. The number of nitrogens with one attached hydrogen (secondary N) is 2. The van der Waals surface area contributed by atoms with Crippen LogP contribution in [-0.2, 0) is 11.2 Å². The highest BCUT2D eigenvalue weighted by Gasteiger charge is 2.24. The Balaban J connectivity index is 2.90. The van der Waals surface area contributed by atoms with Crippen molar-refractivity contribution in [3.8, 4) is 5.75 Å². The first-order valence-corrected chi connectivity index (χ1v) is 11.6. The van der Waals surface area contributed by atoms with Gasteiger partial charge in [0.2, 0.25) is 5.91 Å². The van der Waals surface area contributed by atoms with Crippen molar-refractivity contribution in [3.63, 3.8) is 0 Å². The number of carbonyl (C=O) groups is 1. The summed E-state index contributed by atoms with van der Waals surface area (Å²) in [5, 5.41) is 16.2. The minimum atomic E-state index is -0.363. The largest absolute Gasteiger partial charge is 0.508 e. The fraction of sp³-hybridized carbons (Fsp3) is 0.640. The first-order valence-electron chi connectivity index (χ1n) is 11.6. The van der Waals surface area contributed by atoms with E-state index in [1.165, 1.54) is 0 Å². The molecule has 170 valence electrons. The second kappa shape index (κ2) is 15.0. The van der Waals surface area contributed by atoms with E-state index >= 15 is 0 Å². The summed E-state index contributed by atoms with van der Waals surface area (Å²) in [5.41, 5.74) is 7.17. The molecule has 1 aromatic rings. The number of amides is 1. The van der Waals surface area contributed by atoms with Crippen molar-refractivity contribution >= 4 is 5.91 Å². The van der Waals surface area contributed by atoms with Crippen LogP contribution in [0, 0.1) is 5.92 Å². The molecule has 5 nitrogen and oxygen atoms in total. The number of hydrogen-bond donors (Lipinski definition) is 4. The average molecular weight is 418 g/mol. The smallest absolute Gasteiger partial charge is 0.237 e. The fourth-order valence-electron chi connectivity index (χ4n) is 3.32. The van der Waals surface area contributed by atoms with Crippen LogP contribution in [0.5, 0.6) is 5.75 Å². The Morgan fingerprint density at radius 3 is 2.47 bits per heavy atom. The van der Waals surface area contributed by atoms with Crippen molar-refractivity contribution in [3.05, 3.63) is 42.0 Å². The van der Waals surface area contributed by atoms with Crippen LogP contribution >= 0.6 is 0 Å². The Morgan fingerprint density at radius 1 is 1.17 bits per heavy atom. The summed E-state index contributed by atoms with van der Waals surface area (Å²) in [6.45, 7) is 9.19. The van der Waals surface area contributed by atoms with E-state index in [1.54, 1.807) is 12.1 Å². The third kappa shape index (κ3) is 10.3. The van der Waals surface area contributed by atoms with Crippen molar-refractivity contribution in [2.45, 2.75) is 90.8 Å². The summed E-state index contributed by atoms with van der Waals surface area (Å²) in [5.74, 6) is 0.627. The normalized spacial score (nSPS) is 15.6. The molecule has 5 heteroatoms. The summed E-state index contributed by atoms with van der Waals surface area (Å²) in [6, 6.07) is 6.82. The van der Waals surface area contributed by atoms with Crippen LogP contribution in [0.3, 0.4) is 0 Å². The average Bonchev–Trinajstić information content (AvgIpc) is 2.75. The number of nitrogens with two attached hydrogens (primary N) is 1. The molecule has 1 aromatic carbocycles. The molecule has 0 aliphatic heterocycles. The van der Waals surface area contributed by atoms with Crippen LogP contribution in [-0.4, -0.2) is 35.7 Å². The van der Waals surface area contributed by atoms with Crippen LogP contribution < -0.4 is 16.4 Å². The highest BCUT2D eigenvalue weighted by atomic mass is 16.3. The van der Waals surface area contributed by atoms with Crippen LogP contribution in [0.1, 0.15) is 71.8 Å². The summed E-state index contributed by atoms with van der Waals surface area (Å²) in [7, 11) is 0. The molecule has 0 bridgehead atoms. The molecule has 0 spiro atoms. The lowest BCUT2D eigenvalue weighted by atomic mass is 9.95. The molecule has 0 saturated heterocycles. The van der Waals surface area contributed by atoms with E-state index in [1.807, 2.05) is 12.1 Å². The third-order valence-electron chi connectivity index (χ3n) is 5.61. The number of carbonyl (C=O) groups excluding carboxylic acids is 1. The third-order valence-corrected chi connectivity index (χ3v) is 5.61. The number of phenolic OH excluding ortho intramolecular Hbond substituents is 1. The van der Waals surface area contributed by atoms with Gasteiger partial charge in [-0.2, -0.15) is 0 Å². The molecule has 1 amide bonds. The molecule has 0 aliphatic rings. The lowest BCUT2D eigenvalue weighted by molar-refractivity contribution is -0.123. The number of rotatable bonds is 15. The maximum absolute atomic E-state index is 13.1. The van der Waals surface area contributed by atoms with Gasteiger partial charge in [0.05, 0.1) is 6.04 Å². The topological polar surface area (TPSA) is 87.4 Å². The molecule has 0 radical (unpaired) electrons. The van der Waals surface area contributed by atoms with Gasteiger partial charge in [-0.05, 0) is 42.9 Å². The zero-order chi connectivity index (χ0) is 22.4. The monoisotopic (exact) mass is 417 g/mol. The van der Waals surface area contributed by atoms with Gasteiger partial charge < -0.3 is 16.2 Å². The molecule has 30 heavy (non-hydrogen) atoms. The Bertz CT molecular complexity index is 615. The minimum Gasteiger partial charge on any atom is -0.508 e. The number of benzene rings is 1. The lowest BCUT2D eigenvalue weighted by Crippen LogP contribution is -2.52. The molecule has 0 saturated carbocycles. The molecule has 5 N–H and O–H groups in total.